The van der Waals surface area contributed by atoms with Crippen molar-refractivity contribution in [1.29, 1.82) is 0 Å². The molecule has 2 atom stereocenters. The molecule has 2 unspecified atom stereocenters. The number of hydrogen-bond acceptors (Lipinski definition) is 7. The highest BCUT2D eigenvalue weighted by molar-refractivity contribution is 6.06. The first-order valence-electron chi connectivity index (χ1n) is 11.9. The molecule has 196 valence electrons. The van der Waals surface area contributed by atoms with E-state index in [0.717, 1.165) is 36.5 Å². The number of ether oxygens (including phenoxy) is 2. The van der Waals surface area contributed by atoms with Gasteiger partial charge in [0.2, 0.25) is 11.8 Å². The van der Waals surface area contributed by atoms with Crippen molar-refractivity contribution in [2.45, 2.75) is 39.4 Å². The van der Waals surface area contributed by atoms with Gasteiger partial charge in [-0.1, -0.05) is 26.0 Å². The monoisotopic (exact) mass is 505 g/mol. The standard InChI is InChI=1S/C26H34F3N5O2/c1-6-23(19-10-12-34(15-19)20-9-11-30-24(13-20)35-5)33-25-31-14-21(36-16-26(27,28)29)7-8-22(17(2)3)18(4)32-25/h6-9,11,13,17,19,23H,1,10,12,14-16H2,2-5H3,(H,31,33)/b21-7+,22-8+,32-18?. The molecule has 3 rings (SSSR count). The van der Waals surface area contributed by atoms with Crippen molar-refractivity contribution in [2.24, 2.45) is 21.8 Å². The lowest BCUT2D eigenvalue weighted by atomic mass is 9.98. The summed E-state index contributed by atoms with van der Waals surface area (Å²) in [6, 6.07) is 3.72. The molecule has 1 saturated heterocycles. The number of pyridine rings is 1. The number of nitrogens with zero attached hydrogens (tertiary/aromatic N) is 4. The minimum Gasteiger partial charge on any atom is -0.486 e. The van der Waals surface area contributed by atoms with Gasteiger partial charge in [-0.25, -0.2) is 15.0 Å². The Hall–Kier alpha value is -3.30. The van der Waals surface area contributed by atoms with Crippen LogP contribution in [-0.2, 0) is 4.74 Å². The van der Waals surface area contributed by atoms with E-state index in [9.17, 15) is 13.2 Å². The molecular formula is C26H34F3N5O2. The summed E-state index contributed by atoms with van der Waals surface area (Å²) in [4.78, 5) is 15.6. The van der Waals surface area contributed by atoms with Crippen molar-refractivity contribution in [1.82, 2.24) is 10.3 Å². The van der Waals surface area contributed by atoms with E-state index >= 15 is 0 Å². The van der Waals surface area contributed by atoms with Crippen LogP contribution in [0, 0.1) is 11.8 Å². The van der Waals surface area contributed by atoms with Crippen LogP contribution in [0.1, 0.15) is 27.2 Å². The highest BCUT2D eigenvalue weighted by atomic mass is 19.4. The third-order valence-corrected chi connectivity index (χ3v) is 6.14. The van der Waals surface area contributed by atoms with Crippen molar-refractivity contribution >= 4 is 17.4 Å². The number of methoxy groups -OCH3 is 1. The van der Waals surface area contributed by atoms with E-state index in [1.165, 1.54) is 0 Å². The number of anilines is 1. The zero-order valence-electron chi connectivity index (χ0n) is 21.2. The van der Waals surface area contributed by atoms with Gasteiger partial charge >= 0.3 is 6.18 Å². The minimum atomic E-state index is -4.43. The fraction of sp³-hybridized carbons (Fsp3) is 0.500. The van der Waals surface area contributed by atoms with E-state index in [0.29, 0.717) is 11.8 Å². The van der Waals surface area contributed by atoms with E-state index in [4.69, 9.17) is 14.5 Å². The van der Waals surface area contributed by atoms with Crippen LogP contribution in [0.4, 0.5) is 18.9 Å². The quantitative estimate of drug-likeness (QED) is 0.507. The van der Waals surface area contributed by atoms with Crippen LogP contribution in [0.25, 0.3) is 0 Å². The maximum Gasteiger partial charge on any atom is 0.422 e. The maximum atomic E-state index is 12.7. The Balaban J connectivity index is 1.78. The van der Waals surface area contributed by atoms with Gasteiger partial charge in [-0.3, -0.25) is 0 Å². The summed E-state index contributed by atoms with van der Waals surface area (Å²) >= 11 is 0. The molecule has 7 nitrogen and oxygen atoms in total. The zero-order valence-corrected chi connectivity index (χ0v) is 21.2. The molecule has 0 bridgehead atoms. The Morgan fingerprint density at radius 2 is 2.08 bits per heavy atom. The van der Waals surface area contributed by atoms with Crippen LogP contribution in [0.15, 0.2) is 64.5 Å². The van der Waals surface area contributed by atoms with Crippen molar-refractivity contribution in [3.63, 3.8) is 0 Å². The Kier molecular flexibility index (Phi) is 9.17. The van der Waals surface area contributed by atoms with Crippen LogP contribution in [0.2, 0.25) is 0 Å². The molecule has 1 N–H and O–H groups in total. The fourth-order valence-electron chi connectivity index (χ4n) is 4.26. The molecule has 2 aliphatic rings. The summed E-state index contributed by atoms with van der Waals surface area (Å²) in [6.45, 7) is 10.1. The van der Waals surface area contributed by atoms with Gasteiger partial charge in [-0.15, -0.1) is 6.58 Å². The molecule has 0 saturated carbocycles. The lowest BCUT2D eigenvalue weighted by Gasteiger charge is -2.24. The first-order chi connectivity index (χ1) is 17.1. The van der Waals surface area contributed by atoms with Gasteiger partial charge in [0.15, 0.2) is 6.61 Å². The van der Waals surface area contributed by atoms with E-state index in [1.807, 2.05) is 39.0 Å². The summed E-state index contributed by atoms with van der Waals surface area (Å²) in [5, 5.41) is 3.37. The first-order valence-corrected chi connectivity index (χ1v) is 11.9. The predicted molar refractivity (Wildman–Crippen MR) is 137 cm³/mol. The number of halogens is 3. The van der Waals surface area contributed by atoms with Crippen molar-refractivity contribution in [3.05, 3.63) is 54.5 Å². The number of rotatable bonds is 8. The van der Waals surface area contributed by atoms with Crippen LogP contribution < -0.4 is 15.0 Å². The van der Waals surface area contributed by atoms with Gasteiger partial charge in [-0.05, 0) is 37.0 Å². The topological polar surface area (TPSA) is 71.3 Å². The van der Waals surface area contributed by atoms with Gasteiger partial charge in [-0.2, -0.15) is 13.2 Å². The summed E-state index contributed by atoms with van der Waals surface area (Å²) in [7, 11) is 1.59. The van der Waals surface area contributed by atoms with Crippen molar-refractivity contribution < 1.29 is 22.6 Å². The fourth-order valence-corrected chi connectivity index (χ4v) is 4.26. The summed E-state index contributed by atoms with van der Waals surface area (Å²) < 4.78 is 48.5. The molecule has 36 heavy (non-hydrogen) atoms. The first kappa shape index (κ1) is 27.3. The minimum absolute atomic E-state index is 0.0610. The van der Waals surface area contributed by atoms with Crippen LogP contribution in [0.3, 0.4) is 0 Å². The number of aromatic nitrogens is 1. The van der Waals surface area contributed by atoms with Crippen LogP contribution >= 0.6 is 0 Å². The Morgan fingerprint density at radius 3 is 2.75 bits per heavy atom. The molecule has 1 aromatic rings. The molecule has 0 amide bonds. The van der Waals surface area contributed by atoms with E-state index in [1.54, 1.807) is 25.5 Å². The highest BCUT2D eigenvalue weighted by Crippen LogP contribution is 2.28. The second-order valence-electron chi connectivity index (χ2n) is 9.11. The second-order valence-corrected chi connectivity index (χ2v) is 9.11. The molecule has 3 heterocycles. The zero-order chi connectivity index (χ0) is 26.3. The smallest absolute Gasteiger partial charge is 0.422 e. The van der Waals surface area contributed by atoms with E-state index in [-0.39, 0.29) is 30.2 Å². The van der Waals surface area contributed by atoms with Gasteiger partial charge in [0.25, 0.3) is 0 Å². The molecule has 0 aromatic carbocycles. The second kappa shape index (κ2) is 12.1. The Labute approximate surface area is 210 Å². The average molecular weight is 506 g/mol. The molecular weight excluding hydrogens is 471 g/mol. The molecule has 0 radical (unpaired) electrons. The third-order valence-electron chi connectivity index (χ3n) is 6.14. The Morgan fingerprint density at radius 1 is 1.31 bits per heavy atom. The van der Waals surface area contributed by atoms with Gasteiger partial charge < -0.3 is 19.7 Å². The van der Waals surface area contributed by atoms with E-state index in [2.05, 4.69) is 26.8 Å². The number of hydrogen-bond donors (Lipinski definition) is 1. The third kappa shape index (κ3) is 7.60. The summed E-state index contributed by atoms with van der Waals surface area (Å²) in [6.07, 6.45) is 3.35. The molecule has 0 spiro atoms. The average Bonchev–Trinajstić information content (AvgIpc) is 3.34. The van der Waals surface area contributed by atoms with Crippen LogP contribution in [0.5, 0.6) is 5.88 Å². The molecule has 1 fully saturated rings. The molecule has 2 aliphatic heterocycles. The molecule has 10 heteroatoms. The Bertz CT molecular complexity index is 1050. The SMILES string of the molecule is C=CC(NC1=NC/C(OCC(F)(F)F)=C\C=C(/C(C)C)C(C)=N1)C1CCN(c2ccnc(OC)c2)C1. The van der Waals surface area contributed by atoms with Crippen LogP contribution in [-0.4, -0.2) is 62.2 Å². The maximum absolute atomic E-state index is 12.7. The number of alkyl halides is 3. The predicted octanol–water partition coefficient (Wildman–Crippen LogP) is 4.94. The number of nitrogens with one attached hydrogen (secondary N) is 1. The van der Waals surface area contributed by atoms with Gasteiger partial charge in [0.1, 0.15) is 12.3 Å². The van der Waals surface area contributed by atoms with Gasteiger partial charge in [0, 0.05) is 42.7 Å². The normalized spacial score (nSPS) is 22.7. The largest absolute Gasteiger partial charge is 0.486 e. The van der Waals surface area contributed by atoms with Crippen molar-refractivity contribution in [2.75, 3.05) is 38.3 Å². The lowest BCUT2D eigenvalue weighted by molar-refractivity contribution is -0.164. The number of allylic oxidation sites excluding steroid dienone is 3. The highest BCUT2D eigenvalue weighted by Gasteiger charge is 2.30. The number of guanidine groups is 1. The van der Waals surface area contributed by atoms with Crippen molar-refractivity contribution in [3.8, 4) is 5.88 Å². The van der Waals surface area contributed by atoms with Gasteiger partial charge in [0.05, 0.1) is 13.2 Å². The summed E-state index contributed by atoms with van der Waals surface area (Å²) in [5.41, 5.74) is 2.67. The lowest BCUT2D eigenvalue weighted by Crippen LogP contribution is -2.40. The van der Waals surface area contributed by atoms with E-state index < -0.39 is 12.8 Å². The molecule has 0 aliphatic carbocycles. The molecule has 1 aromatic heterocycles. The summed E-state index contributed by atoms with van der Waals surface area (Å²) in [5.74, 6) is 1.37. The number of aliphatic imine (C=N–C) groups is 2.